The molecule has 0 spiro atoms. The molecule has 0 aliphatic carbocycles. The van der Waals surface area contributed by atoms with Crippen molar-refractivity contribution in [2.75, 3.05) is 13.7 Å². The van der Waals surface area contributed by atoms with Crippen LogP contribution in [0, 0.1) is 5.92 Å². The van der Waals surface area contributed by atoms with Crippen LogP contribution in [0.4, 0.5) is 0 Å². The van der Waals surface area contributed by atoms with Crippen molar-refractivity contribution in [2.45, 2.75) is 39.4 Å². The van der Waals surface area contributed by atoms with Crippen molar-refractivity contribution in [1.29, 1.82) is 0 Å². The molecule has 0 fully saturated rings. The Hall–Kier alpha value is -0.610. The molecule has 4 nitrogen and oxygen atoms in total. The maximum Gasteiger partial charge on any atom is 0.251 e. The monoisotopic (exact) mass is 203 g/mol. The van der Waals surface area contributed by atoms with E-state index in [9.17, 15) is 9.90 Å². The summed E-state index contributed by atoms with van der Waals surface area (Å²) in [6.07, 6.45) is -0.508. The van der Waals surface area contributed by atoms with E-state index in [1.807, 2.05) is 13.8 Å². The largest absolute Gasteiger partial charge is 0.391 e. The molecule has 84 valence electrons. The van der Waals surface area contributed by atoms with Crippen molar-refractivity contribution in [2.24, 2.45) is 5.92 Å². The summed E-state index contributed by atoms with van der Waals surface area (Å²) < 4.78 is 5.00. The number of rotatable bonds is 5. The average Bonchev–Trinajstić information content (AvgIpc) is 2.13. The Kier molecular flexibility index (Phi) is 5.08. The number of carbonyl (C=O) groups is 1. The van der Waals surface area contributed by atoms with Crippen molar-refractivity contribution in [3.8, 4) is 0 Å². The summed E-state index contributed by atoms with van der Waals surface area (Å²) in [7, 11) is 1.48. The van der Waals surface area contributed by atoms with E-state index >= 15 is 0 Å². The Bertz CT molecular complexity index is 190. The lowest BCUT2D eigenvalue weighted by Gasteiger charge is -2.23. The van der Waals surface area contributed by atoms with Gasteiger partial charge in [0.05, 0.1) is 6.10 Å². The van der Waals surface area contributed by atoms with Gasteiger partial charge in [0.25, 0.3) is 5.91 Å². The first-order valence-corrected chi connectivity index (χ1v) is 4.82. The number of amides is 1. The van der Waals surface area contributed by atoms with Crippen molar-refractivity contribution in [1.82, 2.24) is 5.32 Å². The Morgan fingerprint density at radius 3 is 2.36 bits per heavy atom. The number of nitrogens with one attached hydrogen (secondary N) is 1. The number of hydrogen-bond acceptors (Lipinski definition) is 3. The van der Waals surface area contributed by atoms with E-state index in [1.54, 1.807) is 13.8 Å². The molecule has 0 rings (SSSR count). The second-order valence-corrected chi connectivity index (χ2v) is 4.24. The molecule has 0 saturated heterocycles. The van der Waals surface area contributed by atoms with Gasteiger partial charge in [0, 0.05) is 13.7 Å². The van der Waals surface area contributed by atoms with Gasteiger partial charge in [0.2, 0.25) is 0 Å². The molecule has 0 heterocycles. The fourth-order valence-corrected chi connectivity index (χ4v) is 0.739. The van der Waals surface area contributed by atoms with Crippen LogP contribution in [-0.4, -0.2) is 36.4 Å². The Morgan fingerprint density at radius 2 is 2.00 bits per heavy atom. The summed E-state index contributed by atoms with van der Waals surface area (Å²) in [5.41, 5.74) is -0.837. The van der Waals surface area contributed by atoms with Crippen LogP contribution < -0.4 is 5.32 Å². The summed E-state index contributed by atoms with van der Waals surface area (Å²) >= 11 is 0. The van der Waals surface area contributed by atoms with Crippen LogP contribution in [0.2, 0.25) is 0 Å². The van der Waals surface area contributed by atoms with E-state index in [0.717, 1.165) is 0 Å². The Labute approximate surface area is 85.6 Å². The third-order valence-electron chi connectivity index (χ3n) is 2.30. The molecule has 0 bridgehead atoms. The van der Waals surface area contributed by atoms with E-state index in [4.69, 9.17) is 4.74 Å². The number of hydrogen-bond donors (Lipinski definition) is 2. The predicted octanol–water partition coefficient (Wildman–Crippen LogP) is 0.544. The second kappa shape index (κ2) is 5.32. The topological polar surface area (TPSA) is 58.6 Å². The lowest BCUT2D eigenvalue weighted by molar-refractivity contribution is -0.140. The van der Waals surface area contributed by atoms with Crippen LogP contribution in [0.3, 0.4) is 0 Å². The SMILES string of the molecule is COC(C)(C)C(=O)NCC(O)C(C)C. The Morgan fingerprint density at radius 1 is 1.50 bits per heavy atom. The molecule has 0 saturated carbocycles. The molecular weight excluding hydrogens is 182 g/mol. The van der Waals surface area contributed by atoms with Gasteiger partial charge in [-0.2, -0.15) is 0 Å². The fraction of sp³-hybridized carbons (Fsp3) is 0.900. The molecule has 1 atom stereocenters. The highest BCUT2D eigenvalue weighted by Crippen LogP contribution is 2.07. The Balaban J connectivity index is 3.97. The van der Waals surface area contributed by atoms with E-state index in [1.165, 1.54) is 7.11 Å². The van der Waals surface area contributed by atoms with Crippen LogP contribution in [0.5, 0.6) is 0 Å². The molecule has 0 aromatic heterocycles. The zero-order valence-corrected chi connectivity index (χ0v) is 9.63. The van der Waals surface area contributed by atoms with Crippen LogP contribution in [0.15, 0.2) is 0 Å². The number of methoxy groups -OCH3 is 1. The van der Waals surface area contributed by atoms with E-state index < -0.39 is 11.7 Å². The third-order valence-corrected chi connectivity index (χ3v) is 2.30. The molecule has 4 heteroatoms. The predicted molar refractivity (Wildman–Crippen MR) is 54.9 cm³/mol. The summed E-state index contributed by atoms with van der Waals surface area (Å²) in [5, 5.41) is 12.1. The summed E-state index contributed by atoms with van der Waals surface area (Å²) in [4.78, 5) is 11.5. The van der Waals surface area contributed by atoms with Gasteiger partial charge in [-0.3, -0.25) is 4.79 Å². The fourth-order valence-electron chi connectivity index (χ4n) is 0.739. The van der Waals surface area contributed by atoms with Crippen molar-refractivity contribution in [3.63, 3.8) is 0 Å². The minimum Gasteiger partial charge on any atom is -0.391 e. The minimum atomic E-state index is -0.837. The first-order valence-electron chi connectivity index (χ1n) is 4.82. The van der Waals surface area contributed by atoms with Gasteiger partial charge in [-0.25, -0.2) is 0 Å². The summed E-state index contributed by atoms with van der Waals surface area (Å²) in [5.74, 6) is -0.0688. The molecular formula is C10H21NO3. The molecule has 1 amide bonds. The van der Waals surface area contributed by atoms with Gasteiger partial charge in [-0.1, -0.05) is 13.8 Å². The zero-order valence-electron chi connectivity index (χ0n) is 9.63. The van der Waals surface area contributed by atoms with E-state index in [-0.39, 0.29) is 18.4 Å². The van der Waals surface area contributed by atoms with Gasteiger partial charge in [0.15, 0.2) is 0 Å². The van der Waals surface area contributed by atoms with Crippen LogP contribution in [-0.2, 0) is 9.53 Å². The normalized spacial score (nSPS) is 14.2. The van der Waals surface area contributed by atoms with Crippen LogP contribution in [0.25, 0.3) is 0 Å². The quantitative estimate of drug-likeness (QED) is 0.686. The lowest BCUT2D eigenvalue weighted by atomic mass is 10.1. The van der Waals surface area contributed by atoms with E-state index in [2.05, 4.69) is 5.32 Å². The van der Waals surface area contributed by atoms with Crippen LogP contribution in [0.1, 0.15) is 27.7 Å². The van der Waals surface area contributed by atoms with Gasteiger partial charge >= 0.3 is 0 Å². The highest BCUT2D eigenvalue weighted by molar-refractivity contribution is 5.84. The standard InChI is InChI=1S/C10H21NO3/c1-7(2)8(12)6-11-9(13)10(3,4)14-5/h7-8,12H,6H2,1-5H3,(H,11,13). The van der Waals surface area contributed by atoms with Crippen molar-refractivity contribution in [3.05, 3.63) is 0 Å². The maximum absolute atomic E-state index is 11.5. The molecule has 0 aliphatic heterocycles. The minimum absolute atomic E-state index is 0.140. The number of ether oxygens (including phenoxy) is 1. The molecule has 1 unspecified atom stereocenters. The summed E-state index contributed by atoms with van der Waals surface area (Å²) in [6, 6.07) is 0. The van der Waals surface area contributed by atoms with Crippen molar-refractivity contribution < 1.29 is 14.6 Å². The second-order valence-electron chi connectivity index (χ2n) is 4.24. The van der Waals surface area contributed by atoms with Gasteiger partial charge in [0.1, 0.15) is 5.60 Å². The molecule has 0 aromatic rings. The third kappa shape index (κ3) is 4.07. The van der Waals surface area contributed by atoms with Crippen molar-refractivity contribution >= 4 is 5.91 Å². The highest BCUT2D eigenvalue weighted by Gasteiger charge is 2.27. The first-order chi connectivity index (χ1) is 6.31. The lowest BCUT2D eigenvalue weighted by Crippen LogP contribution is -2.46. The molecule has 0 radical (unpaired) electrons. The summed E-state index contributed by atoms with van der Waals surface area (Å²) in [6.45, 7) is 7.44. The highest BCUT2D eigenvalue weighted by atomic mass is 16.5. The van der Waals surface area contributed by atoms with Gasteiger partial charge in [-0.15, -0.1) is 0 Å². The molecule has 2 N–H and O–H groups in total. The number of aliphatic hydroxyl groups excluding tert-OH is 1. The average molecular weight is 203 g/mol. The van der Waals surface area contributed by atoms with Gasteiger partial charge < -0.3 is 15.2 Å². The zero-order chi connectivity index (χ0) is 11.4. The first kappa shape index (κ1) is 13.4. The molecule has 0 aromatic carbocycles. The number of carbonyl (C=O) groups excluding carboxylic acids is 1. The van der Waals surface area contributed by atoms with E-state index in [0.29, 0.717) is 0 Å². The van der Waals surface area contributed by atoms with Gasteiger partial charge in [-0.05, 0) is 19.8 Å². The molecule has 14 heavy (non-hydrogen) atoms. The number of aliphatic hydroxyl groups is 1. The smallest absolute Gasteiger partial charge is 0.251 e. The maximum atomic E-state index is 11.5. The van der Waals surface area contributed by atoms with Crippen LogP contribution >= 0.6 is 0 Å². The molecule has 0 aliphatic rings.